The summed E-state index contributed by atoms with van der Waals surface area (Å²) in [6, 6.07) is 9.41. The second kappa shape index (κ2) is 8.61. The molecule has 0 bridgehead atoms. The normalized spacial score (nSPS) is 19.4. The third kappa shape index (κ3) is 4.71. The highest BCUT2D eigenvalue weighted by atomic mass is 35.5. The molecule has 4 nitrogen and oxygen atoms in total. The van der Waals surface area contributed by atoms with Gasteiger partial charge in [0.05, 0.1) is 15.6 Å². The number of aliphatic imine (C=N–C) groups is 1. The minimum atomic E-state index is -0.357. The van der Waals surface area contributed by atoms with Gasteiger partial charge >= 0.3 is 0 Å². The molecule has 1 aromatic carbocycles. The summed E-state index contributed by atoms with van der Waals surface area (Å²) in [6.45, 7) is 2.07. The molecular formula is C18H18Cl3N3OS. The van der Waals surface area contributed by atoms with Gasteiger partial charge < -0.3 is 5.73 Å². The predicted octanol–water partition coefficient (Wildman–Crippen LogP) is 4.90. The molecule has 1 unspecified atom stereocenters. The van der Waals surface area contributed by atoms with Crippen molar-refractivity contribution in [2.45, 2.75) is 25.3 Å². The van der Waals surface area contributed by atoms with E-state index in [-0.39, 0.29) is 40.9 Å². The third-order valence-electron chi connectivity index (χ3n) is 4.18. The van der Waals surface area contributed by atoms with E-state index in [2.05, 4.69) is 16.9 Å². The number of thioether (sulfide) groups is 1. The van der Waals surface area contributed by atoms with Gasteiger partial charge in [0.25, 0.3) is 0 Å². The van der Waals surface area contributed by atoms with E-state index in [0.29, 0.717) is 10.2 Å². The lowest BCUT2D eigenvalue weighted by Crippen LogP contribution is -2.28. The number of hydrogen-bond donors (Lipinski definition) is 1. The zero-order chi connectivity index (χ0) is 18.0. The minimum Gasteiger partial charge on any atom is -0.379 e. The average molecular weight is 431 g/mol. The van der Waals surface area contributed by atoms with Crippen LogP contribution in [0.3, 0.4) is 0 Å². The number of carbonyl (C=O) groups excluding carboxylic acids is 1. The summed E-state index contributed by atoms with van der Waals surface area (Å²) >= 11 is 13.5. The first-order valence-electron chi connectivity index (χ1n) is 7.79. The second-order valence-corrected chi connectivity index (χ2v) is 8.07. The highest BCUT2D eigenvalue weighted by molar-refractivity contribution is 8.13. The first-order valence-corrected chi connectivity index (χ1v) is 9.53. The van der Waals surface area contributed by atoms with Crippen LogP contribution in [0.15, 0.2) is 41.5 Å². The average Bonchev–Trinajstić information content (AvgIpc) is 2.54. The molecule has 0 radical (unpaired) electrons. The van der Waals surface area contributed by atoms with Crippen molar-refractivity contribution < 1.29 is 4.79 Å². The topological polar surface area (TPSA) is 68.3 Å². The fourth-order valence-corrected chi connectivity index (χ4v) is 4.26. The molecule has 1 aromatic heterocycles. The second-order valence-electron chi connectivity index (χ2n) is 6.11. The van der Waals surface area contributed by atoms with Crippen molar-refractivity contribution in [2.24, 2.45) is 10.7 Å². The molecule has 0 fully saturated rings. The summed E-state index contributed by atoms with van der Waals surface area (Å²) in [6.07, 6.45) is 2.54. The first kappa shape index (κ1) is 21.0. The molecule has 2 N–H and O–H groups in total. The molecule has 1 atom stereocenters. The number of carbonyl (C=O) groups is 1. The monoisotopic (exact) mass is 429 g/mol. The fraction of sp³-hybridized carbons (Fsp3) is 0.278. The summed E-state index contributed by atoms with van der Waals surface area (Å²) in [4.78, 5) is 21.2. The Bertz CT molecular complexity index is 859. The van der Waals surface area contributed by atoms with E-state index in [9.17, 15) is 4.79 Å². The van der Waals surface area contributed by atoms with Crippen molar-refractivity contribution in [1.82, 2.24) is 4.98 Å². The molecule has 0 amide bonds. The van der Waals surface area contributed by atoms with Gasteiger partial charge in [0, 0.05) is 18.4 Å². The zero-order valence-corrected chi connectivity index (χ0v) is 17.2. The fourth-order valence-electron chi connectivity index (χ4n) is 2.80. The number of nitrogens with zero attached hydrogens (tertiary/aromatic N) is 2. The number of aromatic nitrogens is 1. The van der Waals surface area contributed by atoms with E-state index >= 15 is 0 Å². The number of pyridine rings is 1. The lowest BCUT2D eigenvalue weighted by molar-refractivity contribution is 0.0988. The molecule has 1 aliphatic rings. The maximum absolute atomic E-state index is 12.5. The molecule has 0 saturated heterocycles. The lowest BCUT2D eigenvalue weighted by atomic mass is 9.88. The molecule has 138 valence electrons. The molecule has 0 aliphatic carbocycles. The largest absolute Gasteiger partial charge is 0.379 e. The Morgan fingerprint density at radius 2 is 2.12 bits per heavy atom. The molecule has 8 heteroatoms. The van der Waals surface area contributed by atoms with Crippen LogP contribution in [-0.2, 0) is 12.0 Å². The highest BCUT2D eigenvalue weighted by Gasteiger charge is 2.29. The van der Waals surface area contributed by atoms with Crippen LogP contribution in [0.4, 0.5) is 0 Å². The third-order valence-corrected chi connectivity index (χ3v) is 5.47. The molecule has 2 heterocycles. The van der Waals surface area contributed by atoms with Crippen molar-refractivity contribution in [3.8, 4) is 0 Å². The van der Waals surface area contributed by atoms with Crippen molar-refractivity contribution in [2.75, 3.05) is 5.75 Å². The zero-order valence-electron chi connectivity index (χ0n) is 14.0. The molecule has 26 heavy (non-hydrogen) atoms. The van der Waals surface area contributed by atoms with Crippen molar-refractivity contribution >= 4 is 58.3 Å². The summed E-state index contributed by atoms with van der Waals surface area (Å²) < 4.78 is 0. The number of ketones is 1. The number of benzene rings is 1. The van der Waals surface area contributed by atoms with Gasteiger partial charge in [0.15, 0.2) is 11.0 Å². The summed E-state index contributed by atoms with van der Waals surface area (Å²) in [5, 5.41) is 1.27. The number of rotatable bonds is 4. The highest BCUT2D eigenvalue weighted by Crippen LogP contribution is 2.35. The van der Waals surface area contributed by atoms with Crippen LogP contribution >= 0.6 is 47.4 Å². The molecule has 0 saturated carbocycles. The van der Waals surface area contributed by atoms with Crippen molar-refractivity contribution in [3.63, 3.8) is 0 Å². The van der Waals surface area contributed by atoms with Gasteiger partial charge in [-0.25, -0.2) is 4.98 Å². The minimum absolute atomic E-state index is 0. The maximum Gasteiger partial charge on any atom is 0.187 e. The maximum atomic E-state index is 12.5. The smallest absolute Gasteiger partial charge is 0.187 e. The van der Waals surface area contributed by atoms with E-state index in [0.717, 1.165) is 23.3 Å². The standard InChI is InChI=1S/C18H17Cl2N3OS.ClH/c1-18(5-6-25-17(21)23-18)12-4-2-3-11(7-12)8-15(24)16-14(20)9-13(19)10-22-16;/h2-4,7,9-10H,5-6,8H2,1H3,(H2,21,23);1H. The number of Topliss-reactive ketones (excluding diaryl/α,β-unsaturated/α-hetero) is 1. The SMILES string of the molecule is CC1(c2cccc(CC(=O)c3ncc(Cl)cc3Cl)c2)CCSC(N)=N1.Cl. The van der Waals surface area contributed by atoms with Gasteiger partial charge in [0.1, 0.15) is 5.69 Å². The summed E-state index contributed by atoms with van der Waals surface area (Å²) in [5.41, 5.74) is 7.72. The van der Waals surface area contributed by atoms with Gasteiger partial charge in [-0.05, 0) is 30.5 Å². The summed E-state index contributed by atoms with van der Waals surface area (Å²) in [7, 11) is 0. The van der Waals surface area contributed by atoms with Gasteiger partial charge in [-0.1, -0.05) is 59.2 Å². The quantitative estimate of drug-likeness (QED) is 0.700. The molecule has 2 aromatic rings. The Hall–Kier alpha value is -1.27. The molecule has 1 aliphatic heterocycles. The molecular weight excluding hydrogens is 413 g/mol. The van der Waals surface area contributed by atoms with Crippen LogP contribution in [0.1, 0.15) is 35.0 Å². The van der Waals surface area contributed by atoms with Crippen molar-refractivity contribution in [1.29, 1.82) is 0 Å². The predicted molar refractivity (Wildman–Crippen MR) is 112 cm³/mol. The first-order chi connectivity index (χ1) is 11.9. The van der Waals surface area contributed by atoms with E-state index in [1.807, 2.05) is 24.3 Å². The van der Waals surface area contributed by atoms with E-state index < -0.39 is 0 Å². The van der Waals surface area contributed by atoms with Crippen molar-refractivity contribution in [3.05, 3.63) is 63.4 Å². The number of nitrogens with two attached hydrogens (primary N) is 1. The Morgan fingerprint density at radius 3 is 2.81 bits per heavy atom. The Balaban J connectivity index is 0.00000243. The van der Waals surface area contributed by atoms with E-state index in [4.69, 9.17) is 28.9 Å². The van der Waals surface area contributed by atoms with Gasteiger partial charge in [0.2, 0.25) is 0 Å². The van der Waals surface area contributed by atoms with Crippen LogP contribution in [-0.4, -0.2) is 21.7 Å². The van der Waals surface area contributed by atoms with Crippen LogP contribution < -0.4 is 5.73 Å². The molecule has 3 rings (SSSR count). The Kier molecular flexibility index (Phi) is 6.97. The lowest BCUT2D eigenvalue weighted by Gasteiger charge is -2.30. The van der Waals surface area contributed by atoms with Crippen LogP contribution in [0.2, 0.25) is 10.0 Å². The Morgan fingerprint density at radius 1 is 1.35 bits per heavy atom. The van der Waals surface area contributed by atoms with Crippen LogP contribution in [0, 0.1) is 0 Å². The van der Waals surface area contributed by atoms with Gasteiger partial charge in [-0.2, -0.15) is 0 Å². The Labute approximate surface area is 173 Å². The van der Waals surface area contributed by atoms with Crippen LogP contribution in [0.5, 0.6) is 0 Å². The van der Waals surface area contributed by atoms with E-state index in [1.54, 1.807) is 11.8 Å². The number of halogens is 3. The number of hydrogen-bond acceptors (Lipinski definition) is 5. The molecule has 0 spiro atoms. The van der Waals surface area contributed by atoms with E-state index in [1.165, 1.54) is 12.3 Å². The van der Waals surface area contributed by atoms with Crippen LogP contribution in [0.25, 0.3) is 0 Å². The summed E-state index contributed by atoms with van der Waals surface area (Å²) in [5.74, 6) is 0.783. The van der Waals surface area contributed by atoms with Gasteiger partial charge in [-0.3, -0.25) is 9.79 Å². The number of amidine groups is 1. The van der Waals surface area contributed by atoms with Gasteiger partial charge in [-0.15, -0.1) is 12.4 Å².